The summed E-state index contributed by atoms with van der Waals surface area (Å²) in [4.78, 5) is 10.1. The van der Waals surface area contributed by atoms with E-state index in [2.05, 4.69) is 17.5 Å². The number of rotatable bonds is 8. The zero-order valence-electron chi connectivity index (χ0n) is 13.5. The smallest absolute Gasteiger partial charge is 0.203 e. The van der Waals surface area contributed by atoms with Gasteiger partial charge in [-0.2, -0.15) is 0 Å². The van der Waals surface area contributed by atoms with Crippen LogP contribution in [0.4, 0.5) is 0 Å². The standard InChI is InChI=1S/C17H24Cl2NO3P/c18-16-7-6-14(8-17(16)19)9-20-10-15(21)12-24(22,23)11-13-4-2-1-3-5-13/h1-2,6-8,13,15,20-21H,3-5,9-12H2,(H,22,23). The molecule has 3 N–H and O–H groups in total. The van der Waals surface area contributed by atoms with Crippen molar-refractivity contribution in [1.82, 2.24) is 5.32 Å². The summed E-state index contributed by atoms with van der Waals surface area (Å²) in [5.41, 5.74) is 0.942. The summed E-state index contributed by atoms with van der Waals surface area (Å²) in [5, 5.41) is 14.1. The lowest BCUT2D eigenvalue weighted by atomic mass is 9.96. The minimum Gasteiger partial charge on any atom is -0.391 e. The molecule has 1 aliphatic carbocycles. The van der Waals surface area contributed by atoms with Gasteiger partial charge in [0, 0.05) is 19.3 Å². The third-order valence-electron chi connectivity index (χ3n) is 4.11. The van der Waals surface area contributed by atoms with E-state index in [1.54, 1.807) is 12.1 Å². The van der Waals surface area contributed by atoms with Crippen molar-refractivity contribution in [3.05, 3.63) is 46.0 Å². The molecule has 2 rings (SSSR count). The van der Waals surface area contributed by atoms with Gasteiger partial charge in [-0.05, 0) is 42.9 Å². The molecule has 4 nitrogen and oxygen atoms in total. The van der Waals surface area contributed by atoms with E-state index in [-0.39, 0.29) is 18.6 Å². The lowest BCUT2D eigenvalue weighted by Crippen LogP contribution is -2.30. The molecular formula is C17H24Cl2NO3P. The third-order valence-corrected chi connectivity index (χ3v) is 6.93. The highest BCUT2D eigenvalue weighted by Gasteiger charge is 2.27. The highest BCUT2D eigenvalue weighted by atomic mass is 35.5. The zero-order valence-corrected chi connectivity index (χ0v) is 15.9. The summed E-state index contributed by atoms with van der Waals surface area (Å²) in [6.07, 6.45) is 6.34. The van der Waals surface area contributed by atoms with Gasteiger partial charge in [-0.3, -0.25) is 4.57 Å². The molecule has 1 aromatic rings. The Hall–Kier alpha value is -0.350. The van der Waals surface area contributed by atoms with Gasteiger partial charge in [0.1, 0.15) is 0 Å². The summed E-state index contributed by atoms with van der Waals surface area (Å²) in [6.45, 7) is 0.770. The lowest BCUT2D eigenvalue weighted by molar-refractivity contribution is 0.190. The summed E-state index contributed by atoms with van der Waals surface area (Å²) in [6, 6.07) is 5.33. The largest absolute Gasteiger partial charge is 0.391 e. The number of benzene rings is 1. The number of hydrogen-bond acceptors (Lipinski definition) is 3. The SMILES string of the molecule is O=P(O)(CC(O)CNCc1ccc(Cl)c(Cl)c1)CC1CC=CCC1. The van der Waals surface area contributed by atoms with Crippen LogP contribution in [-0.4, -0.2) is 35.0 Å². The van der Waals surface area contributed by atoms with E-state index < -0.39 is 13.5 Å². The second-order valence-corrected chi connectivity index (χ2v) is 9.63. The maximum absolute atomic E-state index is 12.3. The Morgan fingerprint density at radius 2 is 2.08 bits per heavy atom. The normalized spacial score (nSPS) is 21.4. The molecule has 1 aromatic carbocycles. The number of halogens is 2. The molecule has 0 bridgehead atoms. The van der Waals surface area contributed by atoms with Crippen molar-refractivity contribution in [2.24, 2.45) is 5.92 Å². The minimum atomic E-state index is -3.31. The van der Waals surface area contributed by atoms with E-state index in [9.17, 15) is 14.6 Å². The molecule has 0 radical (unpaired) electrons. The first-order valence-electron chi connectivity index (χ1n) is 8.14. The molecular weight excluding hydrogens is 368 g/mol. The Bertz CT molecular complexity index is 624. The van der Waals surface area contributed by atoms with Crippen molar-refractivity contribution < 1.29 is 14.6 Å². The van der Waals surface area contributed by atoms with Crippen molar-refractivity contribution in [2.45, 2.75) is 31.9 Å². The van der Waals surface area contributed by atoms with Gasteiger partial charge in [-0.25, -0.2) is 0 Å². The number of allylic oxidation sites excluding steroid dienone is 2. The number of aliphatic hydroxyl groups is 1. The van der Waals surface area contributed by atoms with Crippen LogP contribution in [0.2, 0.25) is 10.0 Å². The number of nitrogens with one attached hydrogen (secondary N) is 1. The van der Waals surface area contributed by atoms with Crippen LogP contribution >= 0.6 is 30.6 Å². The monoisotopic (exact) mass is 391 g/mol. The van der Waals surface area contributed by atoms with Crippen LogP contribution in [0.1, 0.15) is 24.8 Å². The summed E-state index contributed by atoms with van der Waals surface area (Å²) < 4.78 is 12.3. The molecule has 3 atom stereocenters. The molecule has 7 heteroatoms. The molecule has 0 saturated heterocycles. The number of hydrogen-bond donors (Lipinski definition) is 3. The predicted molar refractivity (Wildman–Crippen MR) is 100 cm³/mol. The average molecular weight is 392 g/mol. The minimum absolute atomic E-state index is 0.0679. The first-order valence-corrected chi connectivity index (χ1v) is 10.9. The van der Waals surface area contributed by atoms with Crippen LogP contribution in [0.25, 0.3) is 0 Å². The fourth-order valence-electron chi connectivity index (χ4n) is 2.93. The van der Waals surface area contributed by atoms with Crippen LogP contribution in [0.15, 0.2) is 30.4 Å². The van der Waals surface area contributed by atoms with Gasteiger partial charge in [0.25, 0.3) is 0 Å². The Morgan fingerprint density at radius 3 is 2.75 bits per heavy atom. The van der Waals surface area contributed by atoms with E-state index in [0.29, 0.717) is 22.8 Å². The Kier molecular flexibility index (Phi) is 7.80. The van der Waals surface area contributed by atoms with E-state index in [1.165, 1.54) is 0 Å². The van der Waals surface area contributed by atoms with E-state index >= 15 is 0 Å². The molecule has 0 aliphatic heterocycles. The quantitative estimate of drug-likeness (QED) is 0.461. The summed E-state index contributed by atoms with van der Waals surface area (Å²) in [5.74, 6) is 0.252. The first-order chi connectivity index (χ1) is 11.4. The molecule has 24 heavy (non-hydrogen) atoms. The summed E-state index contributed by atoms with van der Waals surface area (Å²) >= 11 is 11.8. The molecule has 0 spiro atoms. The second kappa shape index (κ2) is 9.38. The number of aliphatic hydroxyl groups excluding tert-OH is 1. The van der Waals surface area contributed by atoms with Crippen LogP contribution in [0.3, 0.4) is 0 Å². The topological polar surface area (TPSA) is 69.6 Å². The second-order valence-electron chi connectivity index (χ2n) is 6.40. The Balaban J connectivity index is 1.73. The molecule has 0 aromatic heterocycles. The van der Waals surface area contributed by atoms with Crippen molar-refractivity contribution in [2.75, 3.05) is 18.9 Å². The zero-order chi connectivity index (χ0) is 17.6. The third kappa shape index (κ3) is 6.87. The van der Waals surface area contributed by atoms with Crippen LogP contribution < -0.4 is 5.32 Å². The van der Waals surface area contributed by atoms with E-state index in [0.717, 1.165) is 24.8 Å². The fraction of sp³-hybridized carbons (Fsp3) is 0.529. The molecule has 0 fully saturated rings. The average Bonchev–Trinajstić information content (AvgIpc) is 2.50. The molecule has 134 valence electrons. The maximum Gasteiger partial charge on any atom is 0.203 e. The van der Waals surface area contributed by atoms with E-state index in [4.69, 9.17) is 23.2 Å². The molecule has 0 heterocycles. The van der Waals surface area contributed by atoms with Gasteiger partial charge in [-0.1, -0.05) is 41.4 Å². The first kappa shape index (κ1) is 20.0. The maximum atomic E-state index is 12.3. The highest BCUT2D eigenvalue weighted by molar-refractivity contribution is 7.58. The van der Waals surface area contributed by atoms with Gasteiger partial charge in [0.05, 0.1) is 22.3 Å². The van der Waals surface area contributed by atoms with Gasteiger partial charge in [0.2, 0.25) is 7.37 Å². The van der Waals surface area contributed by atoms with Crippen molar-refractivity contribution in [3.8, 4) is 0 Å². The molecule has 0 saturated carbocycles. The molecule has 3 unspecified atom stereocenters. The lowest BCUT2D eigenvalue weighted by Gasteiger charge is -2.23. The van der Waals surface area contributed by atoms with Crippen molar-refractivity contribution in [1.29, 1.82) is 0 Å². The Labute approximate surface area is 153 Å². The van der Waals surface area contributed by atoms with Gasteiger partial charge >= 0.3 is 0 Å². The summed E-state index contributed by atoms with van der Waals surface area (Å²) in [7, 11) is -3.31. The van der Waals surface area contributed by atoms with E-state index in [1.807, 2.05) is 6.07 Å². The van der Waals surface area contributed by atoms with Crippen LogP contribution in [0.5, 0.6) is 0 Å². The highest BCUT2D eigenvalue weighted by Crippen LogP contribution is 2.45. The van der Waals surface area contributed by atoms with Crippen LogP contribution in [-0.2, 0) is 11.1 Å². The molecule has 0 amide bonds. The van der Waals surface area contributed by atoms with Crippen molar-refractivity contribution >= 4 is 30.6 Å². The molecule has 1 aliphatic rings. The van der Waals surface area contributed by atoms with Gasteiger partial charge in [-0.15, -0.1) is 0 Å². The van der Waals surface area contributed by atoms with Crippen molar-refractivity contribution in [3.63, 3.8) is 0 Å². The predicted octanol–water partition coefficient (Wildman–Crippen LogP) is 4.07. The van der Waals surface area contributed by atoms with Gasteiger partial charge < -0.3 is 15.3 Å². The van der Waals surface area contributed by atoms with Crippen LogP contribution in [0, 0.1) is 5.92 Å². The Morgan fingerprint density at radius 1 is 1.29 bits per heavy atom. The fourth-order valence-corrected chi connectivity index (χ4v) is 5.32. The van der Waals surface area contributed by atoms with Gasteiger partial charge in [0.15, 0.2) is 0 Å².